The summed E-state index contributed by atoms with van der Waals surface area (Å²) in [7, 11) is 0. The Kier molecular flexibility index (Phi) is 5.67. The molecule has 1 N–H and O–H groups in total. The molecule has 2 rings (SSSR count). The standard InChI is InChI=1S/C17H25BrN2/c1-4-9-19-14(3)16-11-15(18)7-8-17(16)20-10-5-6-13(2)12-20/h6-8,11,14,19H,4-5,9-10,12H2,1-3H3. The zero-order chi connectivity index (χ0) is 14.5. The van der Waals surface area contributed by atoms with Gasteiger partial charge in [-0.15, -0.1) is 0 Å². The fraction of sp³-hybridized carbons (Fsp3) is 0.529. The van der Waals surface area contributed by atoms with E-state index in [4.69, 9.17) is 0 Å². The first kappa shape index (κ1) is 15.6. The first-order valence-electron chi connectivity index (χ1n) is 7.55. The van der Waals surface area contributed by atoms with Gasteiger partial charge >= 0.3 is 0 Å². The summed E-state index contributed by atoms with van der Waals surface area (Å²) in [5.41, 5.74) is 4.23. The molecule has 0 saturated heterocycles. The van der Waals surface area contributed by atoms with Crippen LogP contribution in [0.1, 0.15) is 45.2 Å². The lowest BCUT2D eigenvalue weighted by Crippen LogP contribution is -2.31. The van der Waals surface area contributed by atoms with E-state index in [1.165, 1.54) is 23.2 Å². The normalized spacial score (nSPS) is 17.0. The van der Waals surface area contributed by atoms with E-state index < -0.39 is 0 Å². The highest BCUT2D eigenvalue weighted by atomic mass is 79.9. The van der Waals surface area contributed by atoms with E-state index in [1.807, 2.05) is 0 Å². The Morgan fingerprint density at radius 2 is 2.20 bits per heavy atom. The Hall–Kier alpha value is -0.800. The smallest absolute Gasteiger partial charge is 0.0418 e. The van der Waals surface area contributed by atoms with Crippen LogP contribution in [-0.2, 0) is 0 Å². The largest absolute Gasteiger partial charge is 0.367 e. The summed E-state index contributed by atoms with van der Waals surface area (Å²) >= 11 is 3.61. The number of benzene rings is 1. The van der Waals surface area contributed by atoms with Crippen molar-refractivity contribution in [1.82, 2.24) is 5.32 Å². The van der Waals surface area contributed by atoms with E-state index in [0.717, 1.165) is 30.5 Å². The molecule has 0 fully saturated rings. The van der Waals surface area contributed by atoms with Crippen molar-refractivity contribution in [1.29, 1.82) is 0 Å². The van der Waals surface area contributed by atoms with Crippen molar-refractivity contribution in [2.24, 2.45) is 0 Å². The first-order valence-corrected chi connectivity index (χ1v) is 8.34. The van der Waals surface area contributed by atoms with Crippen molar-refractivity contribution in [3.8, 4) is 0 Å². The number of hydrogen-bond donors (Lipinski definition) is 1. The fourth-order valence-corrected chi connectivity index (χ4v) is 3.13. The van der Waals surface area contributed by atoms with Crippen LogP contribution in [0.2, 0.25) is 0 Å². The second-order valence-corrected chi connectivity index (χ2v) is 6.56. The van der Waals surface area contributed by atoms with Gasteiger partial charge in [-0.05, 0) is 57.0 Å². The van der Waals surface area contributed by atoms with Crippen molar-refractivity contribution < 1.29 is 0 Å². The molecular weight excluding hydrogens is 312 g/mol. The van der Waals surface area contributed by atoms with Crippen LogP contribution in [0, 0.1) is 0 Å². The molecule has 0 aliphatic carbocycles. The van der Waals surface area contributed by atoms with Gasteiger partial charge in [-0.1, -0.05) is 34.5 Å². The van der Waals surface area contributed by atoms with Gasteiger partial charge in [0, 0.05) is 29.3 Å². The minimum atomic E-state index is 0.383. The van der Waals surface area contributed by atoms with E-state index in [1.54, 1.807) is 0 Å². The Balaban J connectivity index is 2.25. The van der Waals surface area contributed by atoms with Gasteiger partial charge in [0.25, 0.3) is 0 Å². The predicted octanol–water partition coefficient (Wildman–Crippen LogP) is 4.67. The summed E-state index contributed by atoms with van der Waals surface area (Å²) in [6.07, 6.45) is 4.67. The van der Waals surface area contributed by atoms with Gasteiger partial charge in [0.15, 0.2) is 0 Å². The van der Waals surface area contributed by atoms with Crippen molar-refractivity contribution in [3.63, 3.8) is 0 Å². The molecule has 1 aliphatic rings. The zero-order valence-corrected chi connectivity index (χ0v) is 14.3. The number of nitrogens with zero attached hydrogens (tertiary/aromatic N) is 1. The van der Waals surface area contributed by atoms with Crippen LogP contribution in [0.5, 0.6) is 0 Å². The van der Waals surface area contributed by atoms with E-state index in [0.29, 0.717) is 6.04 Å². The highest BCUT2D eigenvalue weighted by Gasteiger charge is 2.17. The van der Waals surface area contributed by atoms with Gasteiger partial charge in [0.05, 0.1) is 0 Å². The highest BCUT2D eigenvalue weighted by molar-refractivity contribution is 9.10. The van der Waals surface area contributed by atoms with Crippen LogP contribution >= 0.6 is 15.9 Å². The summed E-state index contributed by atoms with van der Waals surface area (Å²) < 4.78 is 1.16. The number of anilines is 1. The fourth-order valence-electron chi connectivity index (χ4n) is 2.75. The maximum atomic E-state index is 3.61. The van der Waals surface area contributed by atoms with Crippen LogP contribution < -0.4 is 10.2 Å². The minimum Gasteiger partial charge on any atom is -0.367 e. The molecule has 2 nitrogen and oxygen atoms in total. The number of nitrogens with one attached hydrogen (secondary N) is 1. The number of rotatable bonds is 5. The molecule has 1 unspecified atom stereocenters. The molecule has 0 spiro atoms. The van der Waals surface area contributed by atoms with Crippen molar-refractivity contribution in [2.75, 3.05) is 24.5 Å². The first-order chi connectivity index (χ1) is 9.61. The third-order valence-electron chi connectivity index (χ3n) is 3.83. The summed E-state index contributed by atoms with van der Waals surface area (Å²) in [4.78, 5) is 2.50. The molecule has 0 amide bonds. The topological polar surface area (TPSA) is 15.3 Å². The lowest BCUT2D eigenvalue weighted by Gasteiger charge is -2.32. The quantitative estimate of drug-likeness (QED) is 0.786. The second kappa shape index (κ2) is 7.28. The number of halogens is 1. The zero-order valence-electron chi connectivity index (χ0n) is 12.7. The van der Waals surface area contributed by atoms with E-state index in [9.17, 15) is 0 Å². The molecule has 0 radical (unpaired) electrons. The third-order valence-corrected chi connectivity index (χ3v) is 4.32. The van der Waals surface area contributed by atoms with Crippen LogP contribution in [-0.4, -0.2) is 19.6 Å². The van der Waals surface area contributed by atoms with Crippen LogP contribution in [0.4, 0.5) is 5.69 Å². The Morgan fingerprint density at radius 3 is 2.90 bits per heavy atom. The molecule has 110 valence electrons. The van der Waals surface area contributed by atoms with Gasteiger partial charge in [-0.3, -0.25) is 0 Å². The number of hydrogen-bond acceptors (Lipinski definition) is 2. The monoisotopic (exact) mass is 336 g/mol. The summed E-state index contributed by atoms with van der Waals surface area (Å²) in [6.45, 7) is 9.92. The summed E-state index contributed by atoms with van der Waals surface area (Å²) in [5, 5.41) is 3.60. The Labute approximate surface area is 131 Å². The van der Waals surface area contributed by atoms with Crippen LogP contribution in [0.15, 0.2) is 34.3 Å². The third kappa shape index (κ3) is 3.86. The molecule has 0 aromatic heterocycles. The van der Waals surface area contributed by atoms with Crippen LogP contribution in [0.25, 0.3) is 0 Å². The van der Waals surface area contributed by atoms with E-state index in [2.05, 4.69) is 71.2 Å². The van der Waals surface area contributed by atoms with Gasteiger partial charge < -0.3 is 10.2 Å². The minimum absolute atomic E-state index is 0.383. The van der Waals surface area contributed by atoms with Gasteiger partial charge in [-0.2, -0.15) is 0 Å². The molecule has 0 saturated carbocycles. The molecule has 3 heteroatoms. The Morgan fingerprint density at radius 1 is 1.40 bits per heavy atom. The Bertz CT molecular complexity index is 482. The maximum Gasteiger partial charge on any atom is 0.0418 e. The van der Waals surface area contributed by atoms with Gasteiger partial charge in [-0.25, -0.2) is 0 Å². The average Bonchev–Trinajstić information content (AvgIpc) is 2.44. The van der Waals surface area contributed by atoms with Crippen molar-refractivity contribution in [2.45, 2.75) is 39.7 Å². The molecule has 1 aliphatic heterocycles. The van der Waals surface area contributed by atoms with Crippen molar-refractivity contribution in [3.05, 3.63) is 39.9 Å². The molecule has 1 aromatic rings. The molecular formula is C17H25BrN2. The predicted molar refractivity (Wildman–Crippen MR) is 91.4 cm³/mol. The van der Waals surface area contributed by atoms with Gasteiger partial charge in [0.2, 0.25) is 0 Å². The highest BCUT2D eigenvalue weighted by Crippen LogP contribution is 2.31. The van der Waals surface area contributed by atoms with E-state index in [-0.39, 0.29) is 0 Å². The molecule has 1 atom stereocenters. The van der Waals surface area contributed by atoms with Gasteiger partial charge in [0.1, 0.15) is 0 Å². The molecule has 0 bridgehead atoms. The second-order valence-electron chi connectivity index (χ2n) is 5.64. The molecule has 1 heterocycles. The molecule has 1 aromatic carbocycles. The lowest BCUT2D eigenvalue weighted by atomic mass is 10.0. The van der Waals surface area contributed by atoms with Crippen molar-refractivity contribution >= 4 is 21.6 Å². The summed E-state index contributed by atoms with van der Waals surface area (Å²) in [5.74, 6) is 0. The van der Waals surface area contributed by atoms with E-state index >= 15 is 0 Å². The van der Waals surface area contributed by atoms with Crippen LogP contribution in [0.3, 0.4) is 0 Å². The maximum absolute atomic E-state index is 3.61. The SMILES string of the molecule is CCCNC(C)c1cc(Br)ccc1N1CCC=C(C)C1. The lowest BCUT2D eigenvalue weighted by molar-refractivity contribution is 0.568. The average molecular weight is 337 g/mol. The molecule has 20 heavy (non-hydrogen) atoms. The summed E-state index contributed by atoms with van der Waals surface area (Å²) in [6, 6.07) is 7.05.